The summed E-state index contributed by atoms with van der Waals surface area (Å²) in [6.45, 7) is 0. The van der Waals surface area contributed by atoms with Crippen molar-refractivity contribution in [2.45, 2.75) is 0 Å². The van der Waals surface area contributed by atoms with Gasteiger partial charge in [-0.05, 0) is 27.1 Å². The molecule has 0 saturated heterocycles. The summed E-state index contributed by atoms with van der Waals surface area (Å²) in [5, 5.41) is 20.5. The van der Waals surface area contributed by atoms with Crippen LogP contribution in [0, 0.1) is 11.3 Å². The number of nitrogens with two attached hydrogens (primary N) is 2. The molecule has 9 nitrogen and oxygen atoms in total. The zero-order chi connectivity index (χ0) is 22.2. The number of nitriles is 1. The van der Waals surface area contributed by atoms with E-state index < -0.39 is 5.91 Å². The number of rotatable bonds is 4. The Bertz CT molecular complexity index is 1500. The Morgan fingerprint density at radius 1 is 1.22 bits per heavy atom. The van der Waals surface area contributed by atoms with Crippen LogP contribution in [-0.2, 0) is 0 Å². The topological polar surface area (TPSA) is 148 Å². The smallest absolute Gasteiger partial charge is 0.303 e. The second kappa shape index (κ2) is 7.77. The fourth-order valence-corrected chi connectivity index (χ4v) is 4.97. The molecule has 1 amide bonds. The van der Waals surface area contributed by atoms with E-state index in [1.165, 1.54) is 16.0 Å². The first kappa shape index (κ1) is 19.7. The Labute approximate surface area is 189 Å². The molecule has 0 saturated carbocycles. The van der Waals surface area contributed by atoms with Crippen molar-refractivity contribution in [3.63, 3.8) is 0 Å². The highest BCUT2D eigenvalue weighted by Gasteiger charge is 2.26. The summed E-state index contributed by atoms with van der Waals surface area (Å²) in [7, 11) is 0. The third-order valence-electron chi connectivity index (χ3n) is 4.76. The van der Waals surface area contributed by atoms with E-state index in [0.717, 1.165) is 22.6 Å². The molecule has 11 heteroatoms. The van der Waals surface area contributed by atoms with Crippen LogP contribution in [0.5, 0.6) is 0 Å². The fraction of sp³-hybridized carbons (Fsp3) is 0. The number of nitrogen functional groups attached to an aromatic ring is 2. The van der Waals surface area contributed by atoms with Gasteiger partial charge in [0.05, 0.1) is 5.69 Å². The average Bonchev–Trinajstić information content (AvgIpc) is 3.54. The average molecular weight is 461 g/mol. The number of anilines is 3. The molecule has 5 rings (SSSR count). The number of para-hydroxylation sites is 1. The predicted octanol–water partition coefficient (Wildman–Crippen LogP) is 3.58. The molecule has 0 radical (unpaired) electrons. The second-order valence-corrected chi connectivity index (χ2v) is 8.48. The molecule has 1 aromatic carbocycles. The Balaban J connectivity index is 1.55. The summed E-state index contributed by atoms with van der Waals surface area (Å²) in [6.07, 6.45) is 1.55. The van der Waals surface area contributed by atoms with Gasteiger partial charge in [0.1, 0.15) is 27.2 Å². The lowest BCUT2D eigenvalue weighted by Gasteiger charge is -2.07. The van der Waals surface area contributed by atoms with Crippen molar-refractivity contribution in [1.29, 1.82) is 5.26 Å². The quantitative estimate of drug-likeness (QED) is 0.347. The van der Waals surface area contributed by atoms with Crippen LogP contribution >= 0.6 is 22.7 Å². The van der Waals surface area contributed by atoms with Gasteiger partial charge in [-0.2, -0.15) is 16.6 Å². The fourth-order valence-electron chi connectivity index (χ4n) is 3.32. The van der Waals surface area contributed by atoms with Crippen molar-refractivity contribution in [1.82, 2.24) is 10.3 Å². The second-order valence-electron chi connectivity index (χ2n) is 6.70. The Hall–Kier alpha value is -4.27. The molecule has 32 heavy (non-hydrogen) atoms. The number of carbonyl (C=O) groups excluding carboxylic acids is 1. The van der Waals surface area contributed by atoms with E-state index in [1.54, 1.807) is 6.20 Å². The third kappa shape index (κ3) is 3.24. The lowest BCUT2D eigenvalue weighted by molar-refractivity contribution is -0.670. The van der Waals surface area contributed by atoms with Crippen LogP contribution in [0.25, 0.3) is 27.0 Å². The number of nitrogens with zero attached hydrogens (tertiary/aromatic N) is 4. The van der Waals surface area contributed by atoms with Crippen molar-refractivity contribution in [3.8, 4) is 22.9 Å². The van der Waals surface area contributed by atoms with Gasteiger partial charge < -0.3 is 11.5 Å². The van der Waals surface area contributed by atoms with Crippen LogP contribution < -0.4 is 21.5 Å². The van der Waals surface area contributed by atoms with Crippen molar-refractivity contribution in [2.75, 3.05) is 16.8 Å². The van der Waals surface area contributed by atoms with Gasteiger partial charge in [-0.25, -0.2) is 4.98 Å². The molecule has 0 spiro atoms. The summed E-state index contributed by atoms with van der Waals surface area (Å²) in [6, 6.07) is 13.3. The summed E-state index contributed by atoms with van der Waals surface area (Å²) in [5.41, 5.74) is 15.0. The van der Waals surface area contributed by atoms with Crippen LogP contribution in [0.4, 0.5) is 17.4 Å². The number of amides is 1. The van der Waals surface area contributed by atoms with Crippen molar-refractivity contribution < 1.29 is 14.0 Å². The van der Waals surface area contributed by atoms with Gasteiger partial charge >= 0.3 is 5.88 Å². The molecule has 0 aliphatic rings. The molecule has 4 aromatic heterocycles. The number of carbonyl (C=O) groups is 1. The first-order chi connectivity index (χ1) is 15.6. The minimum absolute atomic E-state index is 0.0912. The normalized spacial score (nSPS) is 10.8. The first-order valence-electron chi connectivity index (χ1n) is 9.26. The molecule has 156 valence electrons. The van der Waals surface area contributed by atoms with E-state index >= 15 is 0 Å². The molecule has 0 unspecified atom stereocenters. The van der Waals surface area contributed by atoms with E-state index in [2.05, 4.69) is 21.6 Å². The number of aromatic nitrogens is 3. The molecule has 4 heterocycles. The van der Waals surface area contributed by atoms with Gasteiger partial charge in [0, 0.05) is 23.1 Å². The van der Waals surface area contributed by atoms with Crippen molar-refractivity contribution >= 4 is 56.2 Å². The molecule has 0 fully saturated rings. The highest BCUT2D eigenvalue weighted by molar-refractivity contribution is 7.21. The van der Waals surface area contributed by atoms with Crippen molar-refractivity contribution in [3.05, 3.63) is 63.8 Å². The van der Waals surface area contributed by atoms with E-state index in [0.29, 0.717) is 15.8 Å². The largest absolute Gasteiger partial charge is 0.397 e. The maximum Gasteiger partial charge on any atom is 0.303 e. The molecule has 5 N–H and O–H groups in total. The van der Waals surface area contributed by atoms with Crippen molar-refractivity contribution in [2.24, 2.45) is 0 Å². The zero-order valence-corrected chi connectivity index (χ0v) is 17.9. The van der Waals surface area contributed by atoms with Crippen LogP contribution in [-0.4, -0.2) is 16.2 Å². The van der Waals surface area contributed by atoms with E-state index in [9.17, 15) is 10.1 Å². The maximum absolute atomic E-state index is 13.0. The van der Waals surface area contributed by atoms with E-state index in [1.807, 2.05) is 47.2 Å². The number of fused-ring (bicyclic) bond motifs is 1. The monoisotopic (exact) mass is 460 g/mol. The molecule has 5 aromatic rings. The molecule has 0 bridgehead atoms. The highest BCUT2D eigenvalue weighted by Crippen LogP contribution is 2.43. The number of thiophene rings is 2. The lowest BCUT2D eigenvalue weighted by Crippen LogP contribution is -2.31. The maximum atomic E-state index is 13.0. The Morgan fingerprint density at radius 3 is 2.75 bits per heavy atom. The van der Waals surface area contributed by atoms with Crippen LogP contribution in [0.1, 0.15) is 15.2 Å². The number of pyridine rings is 1. The number of benzene rings is 1. The van der Waals surface area contributed by atoms with Gasteiger partial charge in [0.15, 0.2) is 0 Å². The van der Waals surface area contributed by atoms with Crippen LogP contribution in [0.2, 0.25) is 0 Å². The van der Waals surface area contributed by atoms with Gasteiger partial charge in [0.25, 0.3) is 12.1 Å². The van der Waals surface area contributed by atoms with Gasteiger partial charge in [-0.1, -0.05) is 18.2 Å². The molecule has 0 atom stereocenters. The first-order valence-corrected chi connectivity index (χ1v) is 11.0. The SMILES string of the molecule is N#Cc1c(N)nc2sc(C(=O)Nc3c[n+](-c4ccccc4)no3)c(N)c2c1-c1ccsc1. The number of hydrogen-bond acceptors (Lipinski definition) is 9. The highest BCUT2D eigenvalue weighted by atomic mass is 32.1. The number of nitrogens with one attached hydrogen (secondary N) is 1. The summed E-state index contributed by atoms with van der Waals surface area (Å²) in [4.78, 5) is 18.0. The van der Waals surface area contributed by atoms with Gasteiger partial charge in [-0.3, -0.25) is 14.6 Å². The van der Waals surface area contributed by atoms with E-state index in [4.69, 9.17) is 16.0 Å². The predicted molar refractivity (Wildman–Crippen MR) is 122 cm³/mol. The minimum Gasteiger partial charge on any atom is -0.397 e. The summed E-state index contributed by atoms with van der Waals surface area (Å²) in [5.74, 6) is -0.234. The molecule has 0 aliphatic heterocycles. The summed E-state index contributed by atoms with van der Waals surface area (Å²) < 4.78 is 6.73. The zero-order valence-electron chi connectivity index (χ0n) is 16.3. The van der Waals surface area contributed by atoms with E-state index in [-0.39, 0.29) is 27.8 Å². The van der Waals surface area contributed by atoms with Crippen LogP contribution in [0.15, 0.2) is 57.9 Å². The molecular formula is C21H14N7O2S2+. The molecular weight excluding hydrogens is 446 g/mol. The van der Waals surface area contributed by atoms with Gasteiger partial charge in [-0.15, -0.1) is 11.3 Å². The number of hydrogen-bond donors (Lipinski definition) is 3. The Kier molecular flexibility index (Phi) is 4.78. The minimum atomic E-state index is -0.477. The lowest BCUT2D eigenvalue weighted by atomic mass is 9.99. The third-order valence-corrected chi connectivity index (χ3v) is 6.54. The van der Waals surface area contributed by atoms with Crippen LogP contribution in [0.3, 0.4) is 0 Å². The van der Waals surface area contributed by atoms with Gasteiger partial charge in [0.2, 0.25) is 11.0 Å². The summed E-state index contributed by atoms with van der Waals surface area (Å²) >= 11 is 2.58. The standard InChI is InChI=1S/C21H13N7O2S2/c22-8-13-15(11-6-7-31-10-11)16-17(23)18(32-21(16)26-19(13)24)20(29)25-14-9-28(27-30-14)12-4-2-1-3-5-12/h1-7,9-10H,(H4-,23,24,25,26,27,29)/p+1. The Morgan fingerprint density at radius 2 is 2.03 bits per heavy atom. The molecule has 0 aliphatic carbocycles.